The Bertz CT molecular complexity index is 987. The van der Waals surface area contributed by atoms with Crippen molar-refractivity contribution in [1.82, 2.24) is 4.98 Å². The van der Waals surface area contributed by atoms with Crippen molar-refractivity contribution in [2.24, 2.45) is 0 Å². The standard InChI is InChI=1S/C22H21N3O2/c1-15-12-16-6-3-4-9-21(16)25(15)22(26)20-14-18(10-11-23-20)24-17-7-5-8-19(13-17)27-2/h3-11,13-15H,12H2,1-2H3,(H,23,24). The maximum absolute atomic E-state index is 13.1. The van der Waals surface area contributed by atoms with Crippen LogP contribution in [0.15, 0.2) is 66.9 Å². The summed E-state index contributed by atoms with van der Waals surface area (Å²) in [7, 11) is 1.64. The number of benzene rings is 2. The fourth-order valence-corrected chi connectivity index (χ4v) is 3.49. The Morgan fingerprint density at radius 1 is 1.11 bits per heavy atom. The highest BCUT2D eigenvalue weighted by Gasteiger charge is 2.31. The van der Waals surface area contributed by atoms with Gasteiger partial charge in [-0.15, -0.1) is 0 Å². The number of carbonyl (C=O) groups excluding carboxylic acids is 1. The van der Waals surface area contributed by atoms with E-state index in [1.807, 2.05) is 53.4 Å². The lowest BCUT2D eigenvalue weighted by molar-refractivity contribution is 0.0976. The van der Waals surface area contributed by atoms with Crippen molar-refractivity contribution in [2.75, 3.05) is 17.3 Å². The number of aromatic nitrogens is 1. The van der Waals surface area contributed by atoms with E-state index < -0.39 is 0 Å². The molecule has 5 heteroatoms. The zero-order valence-electron chi connectivity index (χ0n) is 15.3. The third kappa shape index (κ3) is 3.36. The molecule has 1 atom stereocenters. The summed E-state index contributed by atoms with van der Waals surface area (Å²) in [4.78, 5) is 19.3. The van der Waals surface area contributed by atoms with Crippen molar-refractivity contribution in [1.29, 1.82) is 0 Å². The first kappa shape index (κ1) is 17.1. The first-order chi connectivity index (χ1) is 13.2. The van der Waals surface area contributed by atoms with Crippen LogP contribution >= 0.6 is 0 Å². The molecule has 0 saturated heterocycles. The molecule has 2 aromatic carbocycles. The van der Waals surface area contributed by atoms with E-state index >= 15 is 0 Å². The predicted molar refractivity (Wildman–Crippen MR) is 107 cm³/mol. The van der Waals surface area contributed by atoms with Crippen LogP contribution in [-0.4, -0.2) is 24.0 Å². The van der Waals surface area contributed by atoms with Crippen LogP contribution in [0, 0.1) is 0 Å². The van der Waals surface area contributed by atoms with Gasteiger partial charge in [-0.2, -0.15) is 0 Å². The van der Waals surface area contributed by atoms with Crippen LogP contribution in [-0.2, 0) is 6.42 Å². The molecule has 0 spiro atoms. The molecule has 5 nitrogen and oxygen atoms in total. The summed E-state index contributed by atoms with van der Waals surface area (Å²) in [6, 6.07) is 19.4. The Morgan fingerprint density at radius 3 is 2.78 bits per heavy atom. The van der Waals surface area contributed by atoms with Gasteiger partial charge >= 0.3 is 0 Å². The van der Waals surface area contributed by atoms with Crippen molar-refractivity contribution >= 4 is 23.0 Å². The van der Waals surface area contributed by atoms with Gasteiger partial charge in [0, 0.05) is 35.4 Å². The van der Waals surface area contributed by atoms with Crippen LogP contribution in [0.5, 0.6) is 5.75 Å². The van der Waals surface area contributed by atoms with E-state index in [0.29, 0.717) is 5.69 Å². The number of ether oxygens (including phenoxy) is 1. The molecule has 0 saturated carbocycles. The van der Waals surface area contributed by atoms with Gasteiger partial charge in [-0.05, 0) is 49.2 Å². The zero-order chi connectivity index (χ0) is 18.8. The summed E-state index contributed by atoms with van der Waals surface area (Å²) in [6.45, 7) is 2.07. The van der Waals surface area contributed by atoms with Crippen LogP contribution in [0.4, 0.5) is 17.1 Å². The first-order valence-electron chi connectivity index (χ1n) is 8.94. The summed E-state index contributed by atoms with van der Waals surface area (Å²) in [6.07, 6.45) is 2.52. The second-order valence-electron chi connectivity index (χ2n) is 6.64. The van der Waals surface area contributed by atoms with Crippen LogP contribution < -0.4 is 15.0 Å². The van der Waals surface area contributed by atoms with Crippen LogP contribution in [0.25, 0.3) is 0 Å². The lowest BCUT2D eigenvalue weighted by Crippen LogP contribution is -2.36. The number of amides is 1. The third-order valence-corrected chi connectivity index (χ3v) is 4.76. The zero-order valence-corrected chi connectivity index (χ0v) is 15.3. The average Bonchev–Trinajstić information content (AvgIpc) is 3.03. The first-order valence-corrected chi connectivity index (χ1v) is 8.94. The number of pyridine rings is 1. The van der Waals surface area contributed by atoms with Gasteiger partial charge in [-0.1, -0.05) is 24.3 Å². The largest absolute Gasteiger partial charge is 0.497 e. The molecule has 27 heavy (non-hydrogen) atoms. The SMILES string of the molecule is COc1cccc(Nc2ccnc(C(=O)N3c4ccccc4CC3C)c2)c1. The molecule has 1 aliphatic rings. The number of nitrogens with one attached hydrogen (secondary N) is 1. The van der Waals surface area contributed by atoms with Gasteiger partial charge in [-0.3, -0.25) is 9.78 Å². The molecule has 0 bridgehead atoms. The highest BCUT2D eigenvalue weighted by atomic mass is 16.5. The Morgan fingerprint density at radius 2 is 1.93 bits per heavy atom. The van der Waals surface area contributed by atoms with Gasteiger partial charge in [0.05, 0.1) is 7.11 Å². The van der Waals surface area contributed by atoms with Crippen molar-refractivity contribution in [2.45, 2.75) is 19.4 Å². The van der Waals surface area contributed by atoms with Crippen molar-refractivity contribution in [3.63, 3.8) is 0 Å². The molecular weight excluding hydrogens is 338 g/mol. The van der Waals surface area contributed by atoms with E-state index in [1.165, 1.54) is 5.56 Å². The molecular formula is C22H21N3O2. The van der Waals surface area contributed by atoms with Crippen LogP contribution in [0.2, 0.25) is 0 Å². The summed E-state index contributed by atoms with van der Waals surface area (Å²) in [5.74, 6) is 0.689. The molecule has 0 fully saturated rings. The molecule has 2 heterocycles. The van der Waals surface area contributed by atoms with Gasteiger partial charge in [0.15, 0.2) is 0 Å². The van der Waals surface area contributed by atoms with E-state index in [2.05, 4.69) is 23.3 Å². The second kappa shape index (κ2) is 7.11. The second-order valence-corrected chi connectivity index (χ2v) is 6.64. The molecule has 0 aliphatic carbocycles. The van der Waals surface area contributed by atoms with E-state index in [1.54, 1.807) is 19.4 Å². The summed E-state index contributed by atoms with van der Waals surface area (Å²) in [5, 5.41) is 3.30. The molecule has 4 rings (SSSR count). The maximum Gasteiger partial charge on any atom is 0.277 e. The van der Waals surface area contributed by atoms with Crippen molar-refractivity contribution in [3.05, 3.63) is 78.1 Å². The maximum atomic E-state index is 13.1. The number of rotatable bonds is 4. The Balaban J connectivity index is 1.60. The molecule has 1 unspecified atom stereocenters. The smallest absolute Gasteiger partial charge is 0.277 e. The highest BCUT2D eigenvalue weighted by molar-refractivity contribution is 6.07. The number of fused-ring (bicyclic) bond motifs is 1. The number of nitrogens with zero attached hydrogens (tertiary/aromatic N) is 2. The van der Waals surface area contributed by atoms with Gasteiger partial charge in [-0.25, -0.2) is 0 Å². The van der Waals surface area contributed by atoms with E-state index in [4.69, 9.17) is 4.74 Å². The molecule has 1 amide bonds. The third-order valence-electron chi connectivity index (χ3n) is 4.76. The molecule has 0 radical (unpaired) electrons. The van der Waals surface area contributed by atoms with Crippen molar-refractivity contribution in [3.8, 4) is 5.75 Å². The van der Waals surface area contributed by atoms with E-state index in [9.17, 15) is 4.79 Å². The Kier molecular flexibility index (Phi) is 4.50. The van der Waals surface area contributed by atoms with Gasteiger partial charge in [0.25, 0.3) is 5.91 Å². The Hall–Kier alpha value is -3.34. The quantitative estimate of drug-likeness (QED) is 0.749. The number of anilines is 3. The lowest BCUT2D eigenvalue weighted by atomic mass is 10.1. The molecule has 3 aromatic rings. The minimum absolute atomic E-state index is 0.0817. The minimum Gasteiger partial charge on any atom is -0.497 e. The van der Waals surface area contributed by atoms with E-state index in [0.717, 1.165) is 29.2 Å². The number of hydrogen-bond donors (Lipinski definition) is 1. The topological polar surface area (TPSA) is 54.5 Å². The van der Waals surface area contributed by atoms with Gasteiger partial charge in [0.1, 0.15) is 11.4 Å². The number of hydrogen-bond acceptors (Lipinski definition) is 4. The van der Waals surface area contributed by atoms with Crippen LogP contribution in [0.3, 0.4) is 0 Å². The summed E-state index contributed by atoms with van der Waals surface area (Å²) >= 11 is 0. The summed E-state index contributed by atoms with van der Waals surface area (Å²) < 4.78 is 5.25. The predicted octanol–water partition coefficient (Wildman–Crippen LogP) is 4.43. The summed E-state index contributed by atoms with van der Waals surface area (Å²) in [5.41, 5.74) is 4.29. The molecule has 1 aliphatic heterocycles. The fraction of sp³-hybridized carbons (Fsp3) is 0.182. The highest BCUT2D eigenvalue weighted by Crippen LogP contribution is 2.33. The minimum atomic E-state index is -0.0817. The normalized spacial score (nSPS) is 15.3. The van der Waals surface area contributed by atoms with Gasteiger partial charge in [0.2, 0.25) is 0 Å². The van der Waals surface area contributed by atoms with Crippen molar-refractivity contribution < 1.29 is 9.53 Å². The monoisotopic (exact) mass is 359 g/mol. The molecule has 136 valence electrons. The average molecular weight is 359 g/mol. The number of methoxy groups -OCH3 is 1. The molecule has 1 N–H and O–H groups in total. The fourth-order valence-electron chi connectivity index (χ4n) is 3.49. The number of para-hydroxylation sites is 1. The van der Waals surface area contributed by atoms with Crippen LogP contribution in [0.1, 0.15) is 23.0 Å². The number of carbonyl (C=O) groups is 1. The van der Waals surface area contributed by atoms with Gasteiger partial charge < -0.3 is 15.0 Å². The van der Waals surface area contributed by atoms with E-state index in [-0.39, 0.29) is 11.9 Å². The molecule has 1 aromatic heterocycles. The lowest BCUT2D eigenvalue weighted by Gasteiger charge is -2.22. The Labute approximate surface area is 158 Å².